The van der Waals surface area contributed by atoms with Crippen molar-refractivity contribution in [1.29, 1.82) is 0 Å². The fourth-order valence-corrected chi connectivity index (χ4v) is 3.55. The monoisotopic (exact) mass is 298 g/mol. The van der Waals surface area contributed by atoms with Crippen LogP contribution in [0.1, 0.15) is 28.2 Å². The maximum absolute atomic E-state index is 9.46. The molecule has 0 saturated carbocycles. The lowest BCUT2D eigenvalue weighted by Crippen LogP contribution is -2.01. The molecule has 4 rings (SSSR count). The molecule has 0 atom stereocenters. The molecule has 3 aromatic rings. The summed E-state index contributed by atoms with van der Waals surface area (Å²) in [6, 6.07) is 25.4. The minimum atomic E-state index is 0.119. The summed E-state index contributed by atoms with van der Waals surface area (Å²) in [5, 5.41) is 9.46. The van der Waals surface area contributed by atoms with Crippen LogP contribution >= 0.6 is 0 Å². The smallest absolute Gasteiger partial charge is 0.115 e. The molecule has 1 heteroatoms. The van der Waals surface area contributed by atoms with Crippen LogP contribution in [0.2, 0.25) is 0 Å². The molecule has 0 radical (unpaired) electrons. The van der Waals surface area contributed by atoms with Crippen LogP contribution in [0.4, 0.5) is 0 Å². The largest absolute Gasteiger partial charge is 0.508 e. The summed E-state index contributed by atoms with van der Waals surface area (Å²) in [4.78, 5) is 0. The summed E-state index contributed by atoms with van der Waals surface area (Å²) in [6.45, 7) is 3.57. The molecule has 1 aliphatic carbocycles. The van der Waals surface area contributed by atoms with Crippen LogP contribution < -0.4 is 0 Å². The van der Waals surface area contributed by atoms with E-state index in [4.69, 9.17) is 0 Å². The summed E-state index contributed by atoms with van der Waals surface area (Å²) in [5.74, 6) is 0.513. The number of hydrogen-bond acceptors (Lipinski definition) is 1. The number of aliphatic hydroxyl groups is 1. The first-order chi connectivity index (χ1) is 11.2. The molecule has 0 saturated heterocycles. The van der Waals surface area contributed by atoms with Crippen LogP contribution in [0.3, 0.4) is 0 Å². The van der Waals surface area contributed by atoms with E-state index in [2.05, 4.69) is 67.2 Å². The molecule has 0 bridgehead atoms. The average molecular weight is 298 g/mol. The van der Waals surface area contributed by atoms with Gasteiger partial charge in [-0.15, -0.1) is 0 Å². The zero-order chi connectivity index (χ0) is 15.8. The van der Waals surface area contributed by atoms with Crippen LogP contribution in [-0.4, -0.2) is 5.11 Å². The van der Waals surface area contributed by atoms with Gasteiger partial charge in [-0.05, 0) is 34.2 Å². The van der Waals surface area contributed by atoms with Crippen molar-refractivity contribution in [3.05, 3.63) is 102 Å². The van der Waals surface area contributed by atoms with Crippen LogP contribution in [-0.2, 0) is 6.42 Å². The first-order valence-electron chi connectivity index (χ1n) is 7.89. The normalized spacial score (nSPS) is 12.7. The van der Waals surface area contributed by atoms with E-state index in [1.807, 2.05) is 12.1 Å². The summed E-state index contributed by atoms with van der Waals surface area (Å²) < 4.78 is 0. The Bertz CT molecular complexity index is 829. The quantitative estimate of drug-likeness (QED) is 0.627. The number of hydrogen-bond donors (Lipinski definition) is 1. The van der Waals surface area contributed by atoms with E-state index in [0.29, 0.717) is 5.92 Å². The zero-order valence-corrected chi connectivity index (χ0v) is 12.9. The highest BCUT2D eigenvalue weighted by atomic mass is 16.3. The van der Waals surface area contributed by atoms with Gasteiger partial charge < -0.3 is 5.11 Å². The Morgan fingerprint density at radius 1 is 0.783 bits per heavy atom. The lowest BCUT2D eigenvalue weighted by molar-refractivity contribution is 0.514. The molecule has 0 spiro atoms. The molecule has 0 amide bonds. The third kappa shape index (κ3) is 2.35. The molecule has 112 valence electrons. The van der Waals surface area contributed by atoms with E-state index in [1.165, 1.54) is 27.8 Å². The Kier molecular flexibility index (Phi) is 3.27. The second-order valence-corrected chi connectivity index (χ2v) is 6.07. The maximum Gasteiger partial charge on any atom is 0.115 e. The lowest BCUT2D eigenvalue weighted by Gasteiger charge is -2.14. The molecule has 1 N–H and O–H groups in total. The Labute approximate surface area is 136 Å². The molecule has 0 unspecified atom stereocenters. The van der Waals surface area contributed by atoms with Crippen molar-refractivity contribution in [2.75, 3.05) is 0 Å². The topological polar surface area (TPSA) is 20.2 Å². The second kappa shape index (κ2) is 5.44. The van der Waals surface area contributed by atoms with Crippen LogP contribution in [0.25, 0.3) is 16.9 Å². The summed E-state index contributed by atoms with van der Waals surface area (Å²) in [5.41, 5.74) is 7.57. The third-order valence-corrected chi connectivity index (χ3v) is 4.69. The molecular weight excluding hydrogens is 280 g/mol. The highest BCUT2D eigenvalue weighted by Gasteiger charge is 2.27. The van der Waals surface area contributed by atoms with Crippen LogP contribution in [0, 0.1) is 0 Å². The van der Waals surface area contributed by atoms with E-state index in [-0.39, 0.29) is 5.76 Å². The number of rotatable bonds is 3. The predicted molar refractivity (Wildman–Crippen MR) is 95.5 cm³/mol. The maximum atomic E-state index is 9.46. The van der Waals surface area contributed by atoms with E-state index in [1.54, 1.807) is 0 Å². The van der Waals surface area contributed by atoms with Gasteiger partial charge in [-0.3, -0.25) is 0 Å². The zero-order valence-electron chi connectivity index (χ0n) is 12.9. The van der Waals surface area contributed by atoms with E-state index >= 15 is 0 Å². The highest BCUT2D eigenvalue weighted by Crippen LogP contribution is 2.45. The van der Waals surface area contributed by atoms with Gasteiger partial charge in [0.15, 0.2) is 0 Å². The van der Waals surface area contributed by atoms with Crippen molar-refractivity contribution in [2.45, 2.75) is 12.3 Å². The van der Waals surface area contributed by atoms with Crippen LogP contribution in [0.5, 0.6) is 0 Å². The molecule has 23 heavy (non-hydrogen) atoms. The second-order valence-electron chi connectivity index (χ2n) is 6.07. The van der Waals surface area contributed by atoms with Gasteiger partial charge in [0, 0.05) is 11.5 Å². The minimum absolute atomic E-state index is 0.119. The Morgan fingerprint density at radius 3 is 1.83 bits per heavy atom. The SMILES string of the molecule is C=C(O)c1ccc(CC2c3ccccc3-c3ccccc32)cc1. The molecule has 1 aliphatic rings. The molecule has 3 aromatic carbocycles. The Hall–Kier alpha value is -2.80. The van der Waals surface area contributed by atoms with E-state index in [9.17, 15) is 5.11 Å². The van der Waals surface area contributed by atoms with Crippen molar-refractivity contribution >= 4 is 5.76 Å². The van der Waals surface area contributed by atoms with Gasteiger partial charge in [0.25, 0.3) is 0 Å². The van der Waals surface area contributed by atoms with Gasteiger partial charge in [0.2, 0.25) is 0 Å². The number of aliphatic hydroxyl groups excluding tert-OH is 1. The van der Waals surface area contributed by atoms with Crippen LogP contribution in [0.15, 0.2) is 79.4 Å². The first kappa shape index (κ1) is 13.8. The molecule has 0 aromatic heterocycles. The number of benzene rings is 3. The van der Waals surface area contributed by atoms with E-state index in [0.717, 1.165) is 12.0 Å². The molecule has 0 aliphatic heterocycles. The summed E-state index contributed by atoms with van der Waals surface area (Å²) in [7, 11) is 0. The van der Waals surface area contributed by atoms with E-state index < -0.39 is 0 Å². The summed E-state index contributed by atoms with van der Waals surface area (Å²) >= 11 is 0. The molecule has 0 fully saturated rings. The molecular formula is C22H18O. The standard InChI is InChI=1S/C22H18O/c1-15(23)17-12-10-16(11-13-17)14-22-20-8-4-2-6-18(20)19-7-3-5-9-21(19)22/h2-13,22-23H,1,14H2. The van der Waals surface area contributed by atoms with Crippen molar-refractivity contribution < 1.29 is 5.11 Å². The van der Waals surface area contributed by atoms with Gasteiger partial charge in [-0.2, -0.15) is 0 Å². The Morgan fingerprint density at radius 2 is 1.30 bits per heavy atom. The van der Waals surface area contributed by atoms with Gasteiger partial charge in [0.1, 0.15) is 5.76 Å². The molecule has 1 nitrogen and oxygen atoms in total. The third-order valence-electron chi connectivity index (χ3n) is 4.69. The predicted octanol–water partition coefficient (Wildman–Crippen LogP) is 5.57. The van der Waals surface area contributed by atoms with Gasteiger partial charge >= 0.3 is 0 Å². The first-order valence-corrected chi connectivity index (χ1v) is 7.89. The number of fused-ring (bicyclic) bond motifs is 3. The van der Waals surface area contributed by atoms with Gasteiger partial charge in [-0.25, -0.2) is 0 Å². The average Bonchev–Trinajstić information content (AvgIpc) is 2.90. The minimum Gasteiger partial charge on any atom is -0.508 e. The van der Waals surface area contributed by atoms with Crippen molar-refractivity contribution in [3.8, 4) is 11.1 Å². The molecule has 0 heterocycles. The van der Waals surface area contributed by atoms with Gasteiger partial charge in [-0.1, -0.05) is 79.4 Å². The summed E-state index contributed by atoms with van der Waals surface area (Å²) in [6.07, 6.45) is 0.964. The fraction of sp³-hybridized carbons (Fsp3) is 0.0909. The Balaban J connectivity index is 1.73. The van der Waals surface area contributed by atoms with Crippen molar-refractivity contribution in [3.63, 3.8) is 0 Å². The fourth-order valence-electron chi connectivity index (χ4n) is 3.55. The van der Waals surface area contributed by atoms with Crippen molar-refractivity contribution in [1.82, 2.24) is 0 Å². The lowest BCUT2D eigenvalue weighted by atomic mass is 9.90. The van der Waals surface area contributed by atoms with Gasteiger partial charge in [0.05, 0.1) is 0 Å². The highest BCUT2D eigenvalue weighted by molar-refractivity contribution is 5.78. The van der Waals surface area contributed by atoms with Crippen molar-refractivity contribution in [2.24, 2.45) is 0 Å².